The Labute approximate surface area is 201 Å². The van der Waals surface area contributed by atoms with Gasteiger partial charge in [-0.15, -0.1) is 11.3 Å². The van der Waals surface area contributed by atoms with E-state index in [1.807, 2.05) is 24.3 Å². The Morgan fingerprint density at radius 2 is 1.65 bits per heavy atom. The molecule has 0 bridgehead atoms. The van der Waals surface area contributed by atoms with E-state index in [4.69, 9.17) is 9.84 Å². The average molecular weight is 480 g/mol. The lowest BCUT2D eigenvalue weighted by Gasteiger charge is -2.14. The van der Waals surface area contributed by atoms with Crippen LogP contribution in [0.1, 0.15) is 45.4 Å². The van der Waals surface area contributed by atoms with Gasteiger partial charge in [0.25, 0.3) is 5.91 Å². The van der Waals surface area contributed by atoms with Gasteiger partial charge in [0.15, 0.2) is 0 Å². The van der Waals surface area contributed by atoms with Crippen molar-refractivity contribution in [3.63, 3.8) is 0 Å². The van der Waals surface area contributed by atoms with Crippen molar-refractivity contribution in [1.82, 2.24) is 15.6 Å². The number of alkyl carbamates (subject to hydrolysis) is 1. The number of thiazole rings is 1. The number of amides is 2. The summed E-state index contributed by atoms with van der Waals surface area (Å²) in [6, 6.07) is 16.3. The second-order valence-corrected chi connectivity index (χ2v) is 8.82. The summed E-state index contributed by atoms with van der Waals surface area (Å²) < 4.78 is 5.52. The lowest BCUT2D eigenvalue weighted by atomic mass is 9.98. The van der Waals surface area contributed by atoms with Gasteiger partial charge >= 0.3 is 12.1 Å². The van der Waals surface area contributed by atoms with Crippen LogP contribution in [-0.4, -0.2) is 47.8 Å². The number of ether oxygens (including phenoxy) is 1. The van der Waals surface area contributed by atoms with Gasteiger partial charge in [-0.05, 0) is 28.7 Å². The van der Waals surface area contributed by atoms with Crippen molar-refractivity contribution in [2.75, 3.05) is 19.7 Å². The maximum Gasteiger partial charge on any atom is 0.407 e. The second-order valence-electron chi connectivity index (χ2n) is 7.88. The fourth-order valence-electron chi connectivity index (χ4n) is 3.98. The number of fused-ring (bicyclic) bond motifs is 3. The lowest BCUT2D eigenvalue weighted by molar-refractivity contribution is -0.137. The number of rotatable bonds is 10. The van der Waals surface area contributed by atoms with Gasteiger partial charge in [0, 0.05) is 37.2 Å². The van der Waals surface area contributed by atoms with Crippen LogP contribution in [0.25, 0.3) is 11.1 Å². The number of hydrogen-bond acceptors (Lipinski definition) is 6. The third kappa shape index (κ3) is 5.60. The zero-order valence-electron chi connectivity index (χ0n) is 18.5. The van der Waals surface area contributed by atoms with Crippen molar-refractivity contribution in [3.05, 3.63) is 75.7 Å². The van der Waals surface area contributed by atoms with Gasteiger partial charge in [0.05, 0.1) is 5.01 Å². The summed E-state index contributed by atoms with van der Waals surface area (Å²) in [6.45, 7) is 0.870. The Morgan fingerprint density at radius 3 is 2.32 bits per heavy atom. The number of benzene rings is 2. The van der Waals surface area contributed by atoms with Crippen LogP contribution in [0.4, 0.5) is 4.79 Å². The number of hydrogen-bond donors (Lipinski definition) is 3. The molecule has 2 aromatic carbocycles. The smallest absolute Gasteiger partial charge is 0.407 e. The van der Waals surface area contributed by atoms with Gasteiger partial charge in [-0.3, -0.25) is 9.59 Å². The topological polar surface area (TPSA) is 118 Å². The monoisotopic (exact) mass is 479 g/mol. The van der Waals surface area contributed by atoms with Gasteiger partial charge in [-0.25, -0.2) is 9.78 Å². The molecule has 1 aliphatic rings. The van der Waals surface area contributed by atoms with Crippen LogP contribution >= 0.6 is 11.3 Å². The Hall–Kier alpha value is -3.72. The van der Waals surface area contributed by atoms with Gasteiger partial charge in [-0.1, -0.05) is 48.5 Å². The van der Waals surface area contributed by atoms with Crippen molar-refractivity contribution in [2.45, 2.75) is 25.2 Å². The molecule has 3 N–H and O–H groups in total. The highest BCUT2D eigenvalue weighted by Crippen LogP contribution is 2.44. The second kappa shape index (κ2) is 10.9. The van der Waals surface area contributed by atoms with E-state index in [2.05, 4.69) is 39.9 Å². The molecule has 0 spiro atoms. The molecule has 4 rings (SSSR count). The largest absolute Gasteiger partial charge is 0.481 e. The Bertz CT molecular complexity index is 1150. The Morgan fingerprint density at radius 1 is 0.971 bits per heavy atom. The summed E-state index contributed by atoms with van der Waals surface area (Å²) in [5.74, 6) is -1.22. The molecule has 0 saturated carbocycles. The van der Waals surface area contributed by atoms with Crippen molar-refractivity contribution in [1.29, 1.82) is 0 Å². The molecule has 1 heterocycles. The molecule has 9 heteroatoms. The molecule has 0 saturated heterocycles. The Balaban J connectivity index is 1.21. The van der Waals surface area contributed by atoms with Gasteiger partial charge in [0.1, 0.15) is 12.3 Å². The highest BCUT2D eigenvalue weighted by atomic mass is 32.1. The van der Waals surface area contributed by atoms with Crippen LogP contribution in [-0.2, 0) is 16.0 Å². The van der Waals surface area contributed by atoms with Crippen LogP contribution in [0.3, 0.4) is 0 Å². The third-order valence-electron chi connectivity index (χ3n) is 5.59. The standard InChI is InChI=1S/C25H25N3O5S/c29-23(30)10-5-12-26-24(31)21-15-34-22(28-21)11-13-27-25(32)33-14-20-18-8-3-1-6-16(18)17-7-2-4-9-19(17)20/h1-4,6-9,15,20H,5,10-14H2,(H,26,31)(H,27,32)(H,29,30). The molecule has 0 fully saturated rings. The Kier molecular flexibility index (Phi) is 7.54. The molecule has 1 aliphatic carbocycles. The summed E-state index contributed by atoms with van der Waals surface area (Å²) in [7, 11) is 0. The first-order valence-electron chi connectivity index (χ1n) is 11.1. The SMILES string of the molecule is O=C(O)CCCNC(=O)c1csc(CCNC(=O)OCC2c3ccccc3-c3ccccc32)n1. The number of nitrogens with zero attached hydrogens (tertiary/aromatic N) is 1. The van der Waals surface area contributed by atoms with E-state index in [1.165, 1.54) is 22.5 Å². The normalized spacial score (nSPS) is 12.0. The summed E-state index contributed by atoms with van der Waals surface area (Å²) in [6.07, 6.45) is 0.350. The van der Waals surface area contributed by atoms with E-state index in [0.717, 1.165) is 16.1 Å². The summed E-state index contributed by atoms with van der Waals surface area (Å²) in [5, 5.41) is 16.4. The van der Waals surface area contributed by atoms with Crippen LogP contribution in [0.15, 0.2) is 53.9 Å². The molecular formula is C25H25N3O5S. The molecule has 0 unspecified atom stereocenters. The molecule has 3 aromatic rings. The highest BCUT2D eigenvalue weighted by Gasteiger charge is 2.28. The van der Waals surface area contributed by atoms with E-state index in [-0.39, 0.29) is 37.1 Å². The van der Waals surface area contributed by atoms with Crippen molar-refractivity contribution < 1.29 is 24.2 Å². The number of aliphatic carboxylic acids is 1. The number of nitrogens with one attached hydrogen (secondary N) is 2. The van der Waals surface area contributed by atoms with E-state index >= 15 is 0 Å². The van der Waals surface area contributed by atoms with E-state index in [0.29, 0.717) is 19.4 Å². The van der Waals surface area contributed by atoms with Gasteiger partial charge in [-0.2, -0.15) is 0 Å². The number of carbonyl (C=O) groups is 3. The summed E-state index contributed by atoms with van der Waals surface area (Å²) in [5.41, 5.74) is 4.97. The third-order valence-corrected chi connectivity index (χ3v) is 6.50. The minimum atomic E-state index is -0.894. The van der Waals surface area contributed by atoms with E-state index < -0.39 is 12.1 Å². The zero-order chi connectivity index (χ0) is 23.9. The predicted octanol–water partition coefficient (Wildman–Crippen LogP) is 3.82. The average Bonchev–Trinajstić information content (AvgIpc) is 3.43. The molecule has 0 aliphatic heterocycles. The molecule has 8 nitrogen and oxygen atoms in total. The van der Waals surface area contributed by atoms with Crippen LogP contribution < -0.4 is 10.6 Å². The predicted molar refractivity (Wildman–Crippen MR) is 128 cm³/mol. The minimum absolute atomic E-state index is 0.00410. The number of carboxylic acid groups (broad SMARTS) is 1. The number of aromatic nitrogens is 1. The quantitative estimate of drug-likeness (QED) is 0.381. The fourth-order valence-corrected chi connectivity index (χ4v) is 4.76. The first-order valence-corrected chi connectivity index (χ1v) is 11.9. The van der Waals surface area contributed by atoms with Crippen molar-refractivity contribution >= 4 is 29.3 Å². The minimum Gasteiger partial charge on any atom is -0.481 e. The molecule has 2 amide bonds. The summed E-state index contributed by atoms with van der Waals surface area (Å²) >= 11 is 1.33. The van der Waals surface area contributed by atoms with E-state index in [9.17, 15) is 14.4 Å². The highest BCUT2D eigenvalue weighted by molar-refractivity contribution is 7.09. The first-order chi connectivity index (χ1) is 16.5. The van der Waals surface area contributed by atoms with Gasteiger partial charge in [0.2, 0.25) is 0 Å². The lowest BCUT2D eigenvalue weighted by Crippen LogP contribution is -2.28. The first kappa shape index (κ1) is 23.4. The molecule has 1 aromatic heterocycles. The van der Waals surface area contributed by atoms with Crippen molar-refractivity contribution in [3.8, 4) is 11.1 Å². The number of carbonyl (C=O) groups excluding carboxylic acids is 2. The van der Waals surface area contributed by atoms with Crippen LogP contribution in [0.5, 0.6) is 0 Å². The molecule has 34 heavy (non-hydrogen) atoms. The molecular weight excluding hydrogens is 454 g/mol. The maximum absolute atomic E-state index is 12.3. The summed E-state index contributed by atoms with van der Waals surface area (Å²) in [4.78, 5) is 39.1. The van der Waals surface area contributed by atoms with Crippen LogP contribution in [0, 0.1) is 0 Å². The van der Waals surface area contributed by atoms with E-state index in [1.54, 1.807) is 5.38 Å². The number of carboxylic acids is 1. The molecule has 176 valence electrons. The maximum atomic E-state index is 12.3. The molecule has 0 atom stereocenters. The van der Waals surface area contributed by atoms with Gasteiger partial charge < -0.3 is 20.5 Å². The molecule has 0 radical (unpaired) electrons. The van der Waals surface area contributed by atoms with Crippen molar-refractivity contribution in [2.24, 2.45) is 0 Å². The zero-order valence-corrected chi connectivity index (χ0v) is 19.3. The fraction of sp³-hybridized carbons (Fsp3) is 0.280. The van der Waals surface area contributed by atoms with Crippen LogP contribution in [0.2, 0.25) is 0 Å².